The number of fused-ring (bicyclic) bond motifs is 3. The molecule has 1 atom stereocenters. The van der Waals surface area contributed by atoms with E-state index in [1.807, 2.05) is 0 Å². The second-order valence-electron chi connectivity index (χ2n) is 11.7. The third-order valence-electron chi connectivity index (χ3n) is 8.24. The van der Waals surface area contributed by atoms with Gasteiger partial charge in [-0.15, -0.1) is 5.54 Å². The Labute approximate surface area is 241 Å². The molecule has 1 aliphatic rings. The minimum absolute atomic E-state index is 0.0732. The number of hydrogen-bond donors (Lipinski definition) is 0. The summed E-state index contributed by atoms with van der Waals surface area (Å²) < 4.78 is 11.8. The van der Waals surface area contributed by atoms with Gasteiger partial charge in [-0.05, 0) is 72.9 Å². The molecule has 204 valence electrons. The lowest BCUT2D eigenvalue weighted by Gasteiger charge is -2.39. The molecule has 0 fully saturated rings. The Kier molecular flexibility index (Phi) is 8.15. The van der Waals surface area contributed by atoms with Gasteiger partial charge in [0.15, 0.2) is 0 Å². The second kappa shape index (κ2) is 11.6. The van der Waals surface area contributed by atoms with Gasteiger partial charge in [-0.3, -0.25) is 0 Å². The first kappa shape index (κ1) is 28.1. The van der Waals surface area contributed by atoms with E-state index in [4.69, 9.17) is 9.47 Å². The first-order chi connectivity index (χ1) is 19.4. The molecule has 1 heterocycles. The van der Waals surface area contributed by atoms with Crippen molar-refractivity contribution in [1.82, 2.24) is 0 Å². The summed E-state index contributed by atoms with van der Waals surface area (Å²) in [5.41, 5.74) is 14.3. The molecule has 3 heteroatoms. The fraction of sp³-hybridized carbons (Fsp3) is 0.297. The van der Waals surface area contributed by atoms with Gasteiger partial charge in [0, 0.05) is 19.8 Å². The summed E-state index contributed by atoms with van der Waals surface area (Å²) in [5.74, 6) is 3.69. The lowest BCUT2D eigenvalue weighted by atomic mass is 9.84. The molecule has 4 aromatic rings. The zero-order valence-electron chi connectivity index (χ0n) is 24.7. The average Bonchev–Trinajstić information content (AvgIpc) is 3.26. The topological polar surface area (TPSA) is 18.5 Å². The SMILES string of the molecule is CCCc1c(COC)c(COC)c(-c2ccccc2)c2c1-c1ccccc1[Si]2(C#Cc1ccccc1)C(C)(C)C. The predicted octanol–water partition coefficient (Wildman–Crippen LogP) is 7.53. The third-order valence-corrected chi connectivity index (χ3v) is 13.5. The van der Waals surface area contributed by atoms with Crippen LogP contribution in [0.4, 0.5) is 0 Å². The van der Waals surface area contributed by atoms with Gasteiger partial charge in [0.05, 0.1) is 13.2 Å². The summed E-state index contributed by atoms with van der Waals surface area (Å²) in [6, 6.07) is 30.4. The lowest BCUT2D eigenvalue weighted by molar-refractivity contribution is 0.168. The summed E-state index contributed by atoms with van der Waals surface area (Å²) in [6.07, 6.45) is 2.05. The van der Waals surface area contributed by atoms with Crippen molar-refractivity contribution in [2.75, 3.05) is 14.2 Å². The molecule has 0 aromatic heterocycles. The van der Waals surface area contributed by atoms with E-state index in [0.717, 1.165) is 18.4 Å². The zero-order chi connectivity index (χ0) is 28.3. The van der Waals surface area contributed by atoms with Gasteiger partial charge >= 0.3 is 0 Å². The van der Waals surface area contributed by atoms with Crippen LogP contribution in [0.25, 0.3) is 22.3 Å². The molecule has 0 saturated carbocycles. The summed E-state index contributed by atoms with van der Waals surface area (Å²) in [4.78, 5) is 0. The van der Waals surface area contributed by atoms with E-state index >= 15 is 0 Å². The van der Waals surface area contributed by atoms with Crippen LogP contribution in [0.2, 0.25) is 5.04 Å². The van der Waals surface area contributed by atoms with Crippen molar-refractivity contribution in [3.05, 3.63) is 107 Å². The van der Waals surface area contributed by atoms with Crippen molar-refractivity contribution in [3.8, 4) is 33.7 Å². The third kappa shape index (κ3) is 4.65. The van der Waals surface area contributed by atoms with E-state index < -0.39 is 8.07 Å². The number of ether oxygens (including phenoxy) is 2. The van der Waals surface area contributed by atoms with Crippen molar-refractivity contribution in [2.24, 2.45) is 0 Å². The number of rotatable bonds is 7. The highest BCUT2D eigenvalue weighted by Crippen LogP contribution is 2.48. The van der Waals surface area contributed by atoms with Gasteiger partial charge in [0.1, 0.15) is 0 Å². The highest BCUT2D eigenvalue weighted by molar-refractivity contribution is 7.13. The fourth-order valence-corrected chi connectivity index (χ4v) is 11.7. The van der Waals surface area contributed by atoms with Gasteiger partial charge < -0.3 is 9.47 Å². The van der Waals surface area contributed by atoms with E-state index in [2.05, 4.69) is 124 Å². The van der Waals surface area contributed by atoms with E-state index in [9.17, 15) is 0 Å². The van der Waals surface area contributed by atoms with Gasteiger partial charge in [-0.2, -0.15) is 0 Å². The van der Waals surface area contributed by atoms with Gasteiger partial charge in [-0.1, -0.05) is 113 Å². The Morgan fingerprint density at radius 3 is 1.93 bits per heavy atom. The van der Waals surface area contributed by atoms with E-state index in [1.54, 1.807) is 14.2 Å². The molecule has 0 spiro atoms. The van der Waals surface area contributed by atoms with Crippen LogP contribution in [-0.4, -0.2) is 22.3 Å². The van der Waals surface area contributed by atoms with Crippen LogP contribution in [0.1, 0.15) is 56.4 Å². The fourth-order valence-electron chi connectivity index (χ4n) is 6.60. The Hall–Kier alpha value is -3.42. The molecular weight excluding hydrogens is 504 g/mol. The van der Waals surface area contributed by atoms with Crippen LogP contribution in [0.15, 0.2) is 84.9 Å². The Balaban J connectivity index is 2.05. The van der Waals surface area contributed by atoms with Gasteiger partial charge in [0.2, 0.25) is 8.07 Å². The minimum Gasteiger partial charge on any atom is -0.380 e. The molecule has 0 aliphatic carbocycles. The van der Waals surface area contributed by atoms with E-state index in [-0.39, 0.29) is 5.04 Å². The number of methoxy groups -OCH3 is 2. The molecule has 0 amide bonds. The maximum atomic E-state index is 5.95. The lowest BCUT2D eigenvalue weighted by Crippen LogP contribution is -2.62. The smallest absolute Gasteiger partial charge is 0.206 e. The molecule has 0 radical (unpaired) electrons. The molecule has 0 N–H and O–H groups in total. The molecule has 1 unspecified atom stereocenters. The van der Waals surface area contributed by atoms with Gasteiger partial charge in [0.25, 0.3) is 0 Å². The quantitative estimate of drug-likeness (QED) is 0.177. The average molecular weight is 545 g/mol. The normalized spacial score (nSPS) is 15.8. The highest BCUT2D eigenvalue weighted by atomic mass is 28.3. The second-order valence-corrected chi connectivity index (χ2v) is 16.0. The Bertz CT molecular complexity index is 1560. The van der Waals surface area contributed by atoms with Crippen molar-refractivity contribution in [2.45, 2.75) is 58.8 Å². The monoisotopic (exact) mass is 544 g/mol. The van der Waals surface area contributed by atoms with Crippen LogP contribution in [0.5, 0.6) is 0 Å². The standard InChI is InChI=1S/C37H40O2Si/c1-7-16-29-31(25-38-5)32(26-39-6)34(28-19-12-9-13-20-28)36-35(29)30-21-14-15-22-33(30)40(36,37(2,3)4)24-23-27-17-10-8-11-18-27/h8-15,17-22H,7,16,25-26H2,1-6H3. The molecule has 0 saturated heterocycles. The summed E-state index contributed by atoms with van der Waals surface area (Å²) in [6.45, 7) is 10.6. The van der Waals surface area contributed by atoms with Crippen LogP contribution in [-0.2, 0) is 29.1 Å². The number of hydrogen-bond acceptors (Lipinski definition) is 2. The number of benzene rings is 4. The summed E-state index contributed by atoms with van der Waals surface area (Å²) in [5, 5.41) is 2.80. The van der Waals surface area contributed by atoms with E-state index in [0.29, 0.717) is 13.2 Å². The van der Waals surface area contributed by atoms with Crippen molar-refractivity contribution in [3.63, 3.8) is 0 Å². The first-order valence-corrected chi connectivity index (χ1v) is 16.3. The molecule has 40 heavy (non-hydrogen) atoms. The largest absolute Gasteiger partial charge is 0.380 e. The summed E-state index contributed by atoms with van der Waals surface area (Å²) in [7, 11) is 0.893. The predicted molar refractivity (Wildman–Crippen MR) is 171 cm³/mol. The van der Waals surface area contributed by atoms with Crippen LogP contribution in [0, 0.1) is 11.5 Å². The Morgan fingerprint density at radius 1 is 0.700 bits per heavy atom. The Morgan fingerprint density at radius 2 is 1.30 bits per heavy atom. The van der Waals surface area contributed by atoms with Crippen molar-refractivity contribution in [1.29, 1.82) is 0 Å². The van der Waals surface area contributed by atoms with Crippen LogP contribution >= 0.6 is 0 Å². The molecule has 0 bridgehead atoms. The van der Waals surface area contributed by atoms with E-state index in [1.165, 1.54) is 49.3 Å². The molecular formula is C37H40O2Si. The molecule has 1 aliphatic heterocycles. The zero-order valence-corrected chi connectivity index (χ0v) is 25.7. The van der Waals surface area contributed by atoms with Crippen LogP contribution in [0.3, 0.4) is 0 Å². The van der Waals surface area contributed by atoms with Crippen molar-refractivity contribution >= 4 is 18.4 Å². The highest BCUT2D eigenvalue weighted by Gasteiger charge is 2.55. The van der Waals surface area contributed by atoms with Crippen molar-refractivity contribution < 1.29 is 9.47 Å². The summed E-state index contributed by atoms with van der Waals surface area (Å²) >= 11 is 0. The maximum Gasteiger partial charge on any atom is 0.206 e. The van der Waals surface area contributed by atoms with Crippen LogP contribution < -0.4 is 10.4 Å². The molecule has 4 aromatic carbocycles. The molecule has 2 nitrogen and oxygen atoms in total. The minimum atomic E-state index is -2.71. The molecule has 5 rings (SSSR count). The first-order valence-electron chi connectivity index (χ1n) is 14.3. The maximum absolute atomic E-state index is 5.95. The van der Waals surface area contributed by atoms with Gasteiger partial charge in [-0.25, -0.2) is 0 Å².